The summed E-state index contributed by atoms with van der Waals surface area (Å²) >= 11 is 0. The van der Waals surface area contributed by atoms with Gasteiger partial charge in [-0.1, -0.05) is 0 Å². The monoisotopic (exact) mass is 338 g/mol. The van der Waals surface area contributed by atoms with Crippen molar-refractivity contribution in [1.82, 2.24) is 0 Å². The van der Waals surface area contributed by atoms with Crippen LogP contribution in [0.5, 0.6) is 0 Å². The largest absolute Gasteiger partial charge is 0.460 e. The van der Waals surface area contributed by atoms with Crippen molar-refractivity contribution in [3.05, 3.63) is 29.1 Å². The summed E-state index contributed by atoms with van der Waals surface area (Å²) in [5.41, 5.74) is -0.369. The summed E-state index contributed by atoms with van der Waals surface area (Å²) in [6.45, 7) is 5.12. The van der Waals surface area contributed by atoms with Gasteiger partial charge in [-0.25, -0.2) is 17.6 Å². The van der Waals surface area contributed by atoms with Crippen molar-refractivity contribution >= 4 is 25.7 Å². The van der Waals surface area contributed by atoms with Crippen LogP contribution in [0.2, 0.25) is 0 Å². The third-order valence-electron chi connectivity index (χ3n) is 2.51. The van der Waals surface area contributed by atoms with E-state index in [0.29, 0.717) is 0 Å². The lowest BCUT2D eigenvalue weighted by atomic mass is 10.1. The fourth-order valence-corrected chi connectivity index (χ4v) is 2.77. The summed E-state index contributed by atoms with van der Waals surface area (Å²) < 4.78 is 46.4. The van der Waals surface area contributed by atoms with Gasteiger partial charge in [0.15, 0.2) is 0 Å². The van der Waals surface area contributed by atoms with Gasteiger partial charge in [-0.05, 0) is 38.5 Å². The Bertz CT molecular complexity index is 628. The van der Waals surface area contributed by atoms with E-state index in [-0.39, 0.29) is 29.8 Å². The van der Waals surface area contributed by atoms with Crippen LogP contribution in [0.25, 0.3) is 0 Å². The zero-order valence-corrected chi connectivity index (χ0v) is 13.4. The number of benzene rings is 1. The van der Waals surface area contributed by atoms with Crippen molar-refractivity contribution in [2.45, 2.75) is 31.8 Å². The number of carbonyl (C=O) groups is 1. The van der Waals surface area contributed by atoms with Crippen molar-refractivity contribution in [1.29, 1.82) is 0 Å². The second-order valence-electron chi connectivity index (χ2n) is 4.59. The number of hydrogen-bond acceptors (Lipinski definition) is 5. The van der Waals surface area contributed by atoms with Crippen molar-refractivity contribution in [3.8, 4) is 0 Å². The minimum atomic E-state index is -4.07. The van der Waals surface area contributed by atoms with Gasteiger partial charge in [0, 0.05) is 10.7 Å². The zero-order chi connectivity index (χ0) is 16.2. The molecule has 0 bridgehead atoms. The molecular weight excluding hydrogens is 323 g/mol. The van der Waals surface area contributed by atoms with E-state index in [1.807, 2.05) is 13.8 Å². The maximum absolute atomic E-state index is 13.7. The van der Waals surface area contributed by atoms with Crippen LogP contribution in [0.1, 0.15) is 29.8 Å². The molecule has 5 nitrogen and oxygen atoms in total. The van der Waals surface area contributed by atoms with Crippen LogP contribution in [0.4, 0.5) is 4.39 Å². The number of carbonyl (C=O) groups excluding carboxylic acids is 1. The summed E-state index contributed by atoms with van der Waals surface area (Å²) in [6.07, 6.45) is -0.0205. The summed E-state index contributed by atoms with van der Waals surface area (Å²) in [6, 6.07) is 1.80. The highest BCUT2D eigenvalue weighted by Crippen LogP contribution is 2.23. The number of esters is 1. The Kier molecular flexibility index (Phi) is 6.12. The average molecular weight is 339 g/mol. The second-order valence-corrected chi connectivity index (χ2v) is 7.13. The smallest absolute Gasteiger partial charge is 0.341 e. The molecule has 0 saturated heterocycles. The first-order valence-electron chi connectivity index (χ1n) is 6.16. The molecule has 0 aromatic heterocycles. The molecule has 0 radical (unpaired) electrons. The van der Waals surface area contributed by atoms with Crippen LogP contribution >= 0.6 is 10.7 Å². The first-order valence-corrected chi connectivity index (χ1v) is 8.47. The molecule has 1 aromatic rings. The van der Waals surface area contributed by atoms with E-state index in [1.165, 1.54) is 6.92 Å². The van der Waals surface area contributed by atoms with Crippen LogP contribution < -0.4 is 0 Å². The van der Waals surface area contributed by atoms with Crippen LogP contribution in [0.15, 0.2) is 17.0 Å². The zero-order valence-electron chi connectivity index (χ0n) is 11.9. The molecule has 8 heteroatoms. The Labute approximate surface area is 127 Å². The Morgan fingerprint density at radius 2 is 1.95 bits per heavy atom. The molecular formula is C13H16ClFO5S. The van der Waals surface area contributed by atoms with Gasteiger partial charge in [0.25, 0.3) is 9.05 Å². The summed E-state index contributed by atoms with van der Waals surface area (Å²) in [7, 11) is 1.16. The molecule has 0 amide bonds. The molecule has 0 aliphatic heterocycles. The molecule has 0 aliphatic rings. The molecule has 1 rings (SSSR count). The molecule has 1 aromatic carbocycles. The number of halogens is 2. The first-order chi connectivity index (χ1) is 9.62. The van der Waals surface area contributed by atoms with E-state index in [4.69, 9.17) is 20.2 Å². The lowest BCUT2D eigenvalue weighted by Crippen LogP contribution is -2.15. The molecule has 0 atom stereocenters. The predicted octanol–water partition coefficient (Wildman–Crippen LogP) is 2.64. The molecule has 0 saturated carbocycles. The quantitative estimate of drug-likeness (QED) is 0.453. The van der Waals surface area contributed by atoms with E-state index in [0.717, 1.165) is 12.1 Å². The third-order valence-corrected chi connectivity index (χ3v) is 3.98. The first kappa shape index (κ1) is 17.9. The molecule has 21 heavy (non-hydrogen) atoms. The van der Waals surface area contributed by atoms with Gasteiger partial charge in [-0.3, -0.25) is 0 Å². The van der Waals surface area contributed by atoms with Gasteiger partial charge in [-0.15, -0.1) is 0 Å². The Hall–Kier alpha value is -1.18. The van der Waals surface area contributed by atoms with Crippen molar-refractivity contribution in [3.63, 3.8) is 0 Å². The van der Waals surface area contributed by atoms with Crippen LogP contribution in [0, 0.1) is 12.7 Å². The molecule has 0 unspecified atom stereocenters. The summed E-state index contributed by atoms with van der Waals surface area (Å²) in [4.78, 5) is 11.4. The normalized spacial score (nSPS) is 11.7. The molecule has 0 spiro atoms. The van der Waals surface area contributed by atoms with E-state index >= 15 is 0 Å². The Morgan fingerprint density at radius 3 is 2.48 bits per heavy atom. The fraction of sp³-hybridized carbons (Fsp3) is 0.462. The van der Waals surface area contributed by atoms with Gasteiger partial charge in [-0.2, -0.15) is 0 Å². The van der Waals surface area contributed by atoms with Gasteiger partial charge >= 0.3 is 5.97 Å². The third kappa shape index (κ3) is 5.26. The van der Waals surface area contributed by atoms with Gasteiger partial charge in [0.1, 0.15) is 12.4 Å². The lowest BCUT2D eigenvalue weighted by molar-refractivity contribution is 0.0173. The predicted molar refractivity (Wildman–Crippen MR) is 75.5 cm³/mol. The van der Waals surface area contributed by atoms with E-state index in [1.54, 1.807) is 0 Å². The van der Waals surface area contributed by atoms with E-state index in [2.05, 4.69) is 0 Å². The topological polar surface area (TPSA) is 69.7 Å². The van der Waals surface area contributed by atoms with Crippen molar-refractivity contribution in [2.24, 2.45) is 0 Å². The molecule has 118 valence electrons. The highest BCUT2D eigenvalue weighted by molar-refractivity contribution is 8.13. The summed E-state index contributed by atoms with van der Waals surface area (Å²) in [5.74, 6) is -1.84. The van der Waals surface area contributed by atoms with Gasteiger partial charge in [0.05, 0.1) is 23.2 Å². The van der Waals surface area contributed by atoms with Crippen molar-refractivity contribution in [2.75, 3.05) is 13.2 Å². The number of aryl methyl sites for hydroxylation is 1. The fourth-order valence-electron chi connectivity index (χ4n) is 1.57. The second kappa shape index (κ2) is 7.20. The highest BCUT2D eigenvalue weighted by atomic mass is 35.7. The van der Waals surface area contributed by atoms with Crippen LogP contribution in [-0.4, -0.2) is 33.7 Å². The highest BCUT2D eigenvalue weighted by Gasteiger charge is 2.21. The average Bonchev–Trinajstić information content (AvgIpc) is 2.32. The van der Waals surface area contributed by atoms with Gasteiger partial charge < -0.3 is 9.47 Å². The number of ether oxygens (including phenoxy) is 2. The van der Waals surface area contributed by atoms with E-state index in [9.17, 15) is 17.6 Å². The minimum Gasteiger partial charge on any atom is -0.460 e. The minimum absolute atomic E-state index is 0.0205. The maximum Gasteiger partial charge on any atom is 0.341 e. The lowest BCUT2D eigenvalue weighted by Gasteiger charge is -2.10. The van der Waals surface area contributed by atoms with Gasteiger partial charge in [0.2, 0.25) is 0 Å². The number of hydrogen-bond donors (Lipinski definition) is 0. The number of rotatable bonds is 6. The van der Waals surface area contributed by atoms with E-state index < -0.39 is 26.4 Å². The molecule has 0 N–H and O–H groups in total. The maximum atomic E-state index is 13.7. The van der Waals surface area contributed by atoms with Crippen LogP contribution in [-0.2, 0) is 18.5 Å². The SMILES string of the molecule is Cc1cc(F)c(C(=O)OCCOC(C)C)cc1S(=O)(=O)Cl. The van der Waals surface area contributed by atoms with Crippen molar-refractivity contribution < 1.29 is 27.1 Å². The standard InChI is InChI=1S/C13H16ClFO5S/c1-8(2)19-4-5-20-13(16)10-7-12(21(14,17)18)9(3)6-11(10)15/h6-8H,4-5H2,1-3H3. The molecule has 0 heterocycles. The van der Waals surface area contributed by atoms with Crippen LogP contribution in [0.3, 0.4) is 0 Å². The Morgan fingerprint density at radius 1 is 1.33 bits per heavy atom. The molecule has 0 aliphatic carbocycles. The summed E-state index contributed by atoms with van der Waals surface area (Å²) in [5, 5.41) is 0. The molecule has 0 fully saturated rings. The Balaban J connectivity index is 2.90.